The van der Waals surface area contributed by atoms with Crippen molar-refractivity contribution in [3.63, 3.8) is 0 Å². The summed E-state index contributed by atoms with van der Waals surface area (Å²) in [7, 11) is 1.36. The van der Waals surface area contributed by atoms with Crippen LogP contribution in [-0.2, 0) is 17.6 Å². The summed E-state index contributed by atoms with van der Waals surface area (Å²) >= 11 is 13.4. The minimum Gasteiger partial charge on any atom is -0.465 e. The van der Waals surface area contributed by atoms with Crippen molar-refractivity contribution >= 4 is 57.2 Å². The van der Waals surface area contributed by atoms with Crippen molar-refractivity contribution in [1.82, 2.24) is 0 Å². The van der Waals surface area contributed by atoms with Crippen LogP contribution in [0, 0.1) is 11.3 Å². The molecular formula is C22H26Cl2N2O3S. The Labute approximate surface area is 191 Å². The SMILES string of the molecule is CCC(C)(C)C1CCc2c(sc(NC(=O)Nc3ccc(Cl)c(Cl)c3)c2C(=O)OC)C1. The van der Waals surface area contributed by atoms with Crippen LogP contribution in [-0.4, -0.2) is 19.1 Å². The Bertz CT molecular complexity index is 972. The summed E-state index contributed by atoms with van der Waals surface area (Å²) in [6, 6.07) is 4.38. The van der Waals surface area contributed by atoms with E-state index < -0.39 is 12.0 Å². The summed E-state index contributed by atoms with van der Waals surface area (Å²) in [6.07, 6.45) is 3.82. The van der Waals surface area contributed by atoms with Gasteiger partial charge in [0.05, 0.1) is 22.7 Å². The van der Waals surface area contributed by atoms with E-state index in [-0.39, 0.29) is 5.41 Å². The van der Waals surface area contributed by atoms with E-state index in [1.165, 1.54) is 18.4 Å². The summed E-state index contributed by atoms with van der Waals surface area (Å²) < 4.78 is 5.01. The van der Waals surface area contributed by atoms with Crippen LogP contribution >= 0.6 is 34.5 Å². The van der Waals surface area contributed by atoms with E-state index in [9.17, 15) is 9.59 Å². The number of carbonyl (C=O) groups excluding carboxylic acids is 2. The van der Waals surface area contributed by atoms with E-state index in [1.807, 2.05) is 0 Å². The van der Waals surface area contributed by atoms with Crippen molar-refractivity contribution in [3.8, 4) is 0 Å². The van der Waals surface area contributed by atoms with Gasteiger partial charge in [-0.15, -0.1) is 11.3 Å². The fraction of sp³-hybridized carbons (Fsp3) is 0.455. The van der Waals surface area contributed by atoms with Crippen LogP contribution < -0.4 is 10.6 Å². The highest BCUT2D eigenvalue weighted by molar-refractivity contribution is 7.17. The Morgan fingerprint density at radius 1 is 1.23 bits per heavy atom. The van der Waals surface area contributed by atoms with E-state index in [1.54, 1.807) is 18.2 Å². The Morgan fingerprint density at radius 2 is 1.97 bits per heavy atom. The molecule has 1 aromatic heterocycles. The zero-order chi connectivity index (χ0) is 22.1. The molecule has 162 valence electrons. The number of hydrogen-bond acceptors (Lipinski definition) is 4. The molecule has 0 radical (unpaired) electrons. The first kappa shape index (κ1) is 22.9. The van der Waals surface area contributed by atoms with Crippen LogP contribution in [0.25, 0.3) is 0 Å². The van der Waals surface area contributed by atoms with Gasteiger partial charge in [-0.3, -0.25) is 5.32 Å². The molecule has 1 aromatic carbocycles. The third-order valence-corrected chi connectivity index (χ3v) is 7.98. The van der Waals surface area contributed by atoms with Gasteiger partial charge in [0.2, 0.25) is 0 Å². The Balaban J connectivity index is 1.84. The molecule has 0 saturated carbocycles. The van der Waals surface area contributed by atoms with Crippen molar-refractivity contribution < 1.29 is 14.3 Å². The molecule has 0 aliphatic heterocycles. The molecule has 5 nitrogen and oxygen atoms in total. The van der Waals surface area contributed by atoms with Gasteiger partial charge in [0.15, 0.2) is 0 Å². The largest absolute Gasteiger partial charge is 0.465 e. The average molecular weight is 469 g/mol. The fourth-order valence-corrected chi connectivity index (χ4v) is 5.40. The molecular weight excluding hydrogens is 443 g/mol. The molecule has 2 N–H and O–H groups in total. The van der Waals surface area contributed by atoms with E-state index in [0.29, 0.717) is 32.2 Å². The number of nitrogens with one attached hydrogen (secondary N) is 2. The molecule has 1 aliphatic rings. The lowest BCUT2D eigenvalue weighted by Crippen LogP contribution is -2.28. The van der Waals surface area contributed by atoms with Gasteiger partial charge in [0.1, 0.15) is 5.00 Å². The predicted octanol–water partition coefficient (Wildman–Crippen LogP) is 7.03. The lowest BCUT2D eigenvalue weighted by Gasteiger charge is -2.36. The molecule has 8 heteroatoms. The normalized spacial score (nSPS) is 16.0. The lowest BCUT2D eigenvalue weighted by molar-refractivity contribution is 0.0600. The highest BCUT2D eigenvalue weighted by atomic mass is 35.5. The Hall–Kier alpha value is -1.76. The zero-order valence-electron chi connectivity index (χ0n) is 17.5. The molecule has 3 rings (SSSR count). The van der Waals surface area contributed by atoms with Crippen molar-refractivity contribution in [2.45, 2.75) is 46.5 Å². The van der Waals surface area contributed by atoms with Gasteiger partial charge in [-0.1, -0.05) is 50.4 Å². The van der Waals surface area contributed by atoms with Crippen molar-refractivity contribution in [3.05, 3.63) is 44.2 Å². The first-order valence-corrected chi connectivity index (χ1v) is 11.5. The smallest absolute Gasteiger partial charge is 0.341 e. The second kappa shape index (κ2) is 9.16. The number of amides is 2. The molecule has 0 bridgehead atoms. The van der Waals surface area contributed by atoms with Crippen LogP contribution in [0.2, 0.25) is 10.0 Å². The van der Waals surface area contributed by atoms with Crippen LogP contribution in [0.3, 0.4) is 0 Å². The minimum atomic E-state index is -0.456. The minimum absolute atomic E-state index is 0.228. The number of urea groups is 1. The first-order valence-electron chi connectivity index (χ1n) is 9.92. The Kier molecular flexibility index (Phi) is 7.00. The molecule has 2 amide bonds. The van der Waals surface area contributed by atoms with E-state index >= 15 is 0 Å². The van der Waals surface area contributed by atoms with Gasteiger partial charge in [-0.25, -0.2) is 9.59 Å². The third-order valence-electron chi connectivity index (χ3n) is 6.08. The number of ether oxygens (including phenoxy) is 1. The number of esters is 1. The van der Waals surface area contributed by atoms with Crippen LogP contribution in [0.4, 0.5) is 15.5 Å². The molecule has 0 saturated heterocycles. The fourth-order valence-electron chi connectivity index (χ4n) is 3.79. The monoisotopic (exact) mass is 468 g/mol. The van der Waals surface area contributed by atoms with E-state index in [4.69, 9.17) is 27.9 Å². The quantitative estimate of drug-likeness (QED) is 0.462. The van der Waals surface area contributed by atoms with Gasteiger partial charge >= 0.3 is 12.0 Å². The number of halogens is 2. The van der Waals surface area contributed by atoms with Crippen LogP contribution in [0.1, 0.15) is 54.4 Å². The Morgan fingerprint density at radius 3 is 2.60 bits per heavy atom. The zero-order valence-corrected chi connectivity index (χ0v) is 19.9. The number of rotatable bonds is 5. The molecule has 2 aromatic rings. The van der Waals surface area contributed by atoms with Crippen LogP contribution in [0.15, 0.2) is 18.2 Å². The predicted molar refractivity (Wildman–Crippen MR) is 124 cm³/mol. The summed E-state index contributed by atoms with van der Waals surface area (Å²) in [4.78, 5) is 26.2. The topological polar surface area (TPSA) is 67.4 Å². The van der Waals surface area contributed by atoms with Gasteiger partial charge in [0, 0.05) is 10.6 Å². The van der Waals surface area contributed by atoms with Crippen molar-refractivity contribution in [1.29, 1.82) is 0 Å². The number of anilines is 2. The molecule has 1 aliphatic carbocycles. The lowest BCUT2D eigenvalue weighted by atomic mass is 9.69. The number of thiophene rings is 1. The summed E-state index contributed by atoms with van der Waals surface area (Å²) in [5.74, 6) is 0.113. The molecule has 30 heavy (non-hydrogen) atoms. The van der Waals surface area contributed by atoms with Gasteiger partial charge in [0.25, 0.3) is 0 Å². The van der Waals surface area contributed by atoms with Gasteiger partial charge < -0.3 is 10.1 Å². The van der Waals surface area contributed by atoms with Gasteiger partial charge in [-0.2, -0.15) is 0 Å². The third kappa shape index (κ3) is 4.76. The maximum Gasteiger partial charge on any atom is 0.341 e. The maximum atomic E-state index is 12.6. The van der Waals surface area contributed by atoms with Crippen molar-refractivity contribution in [2.24, 2.45) is 11.3 Å². The second-order valence-corrected chi connectivity index (χ2v) is 10.1. The van der Waals surface area contributed by atoms with Crippen molar-refractivity contribution in [2.75, 3.05) is 17.7 Å². The number of benzene rings is 1. The molecule has 0 spiro atoms. The summed E-state index contributed by atoms with van der Waals surface area (Å²) in [6.45, 7) is 6.80. The second-order valence-electron chi connectivity index (χ2n) is 8.19. The molecule has 0 fully saturated rings. The van der Waals surface area contributed by atoms with Crippen LogP contribution in [0.5, 0.6) is 0 Å². The maximum absolute atomic E-state index is 12.6. The summed E-state index contributed by atoms with van der Waals surface area (Å²) in [5.41, 5.74) is 2.20. The number of fused-ring (bicyclic) bond motifs is 1. The number of carbonyl (C=O) groups is 2. The average Bonchev–Trinajstić information content (AvgIpc) is 3.06. The summed E-state index contributed by atoms with van der Waals surface area (Å²) in [5, 5.41) is 6.82. The van der Waals surface area contributed by atoms with E-state index in [0.717, 1.165) is 36.1 Å². The molecule has 1 atom stereocenters. The first-order chi connectivity index (χ1) is 14.2. The standard InChI is InChI=1S/C22H26Cl2N2O3S/c1-5-22(2,3)12-6-8-14-17(10-12)30-19(18(14)20(27)29-4)26-21(28)25-13-7-9-15(23)16(24)11-13/h7,9,11-12H,5-6,8,10H2,1-4H3,(H2,25,26,28). The number of hydrogen-bond donors (Lipinski definition) is 2. The molecule has 1 unspecified atom stereocenters. The van der Waals surface area contributed by atoms with E-state index in [2.05, 4.69) is 31.4 Å². The highest BCUT2D eigenvalue weighted by Gasteiger charge is 2.35. The van der Waals surface area contributed by atoms with Gasteiger partial charge in [-0.05, 0) is 54.4 Å². The highest BCUT2D eigenvalue weighted by Crippen LogP contribution is 2.45. The number of methoxy groups -OCH3 is 1. The molecule has 1 heterocycles.